The fourth-order valence-electron chi connectivity index (χ4n) is 3.25. The van der Waals surface area contributed by atoms with Crippen LogP contribution in [0.25, 0.3) is 0 Å². The number of hydrogen-bond donors (Lipinski definition) is 1. The second kappa shape index (κ2) is 6.99. The molecular weight excluding hydrogens is 244 g/mol. The number of rotatable bonds is 4. The molecule has 1 fully saturated rings. The Balaban J connectivity index is 2.11. The fraction of sp³-hybridized carbons (Fsp3) is 0.625. The van der Waals surface area contributed by atoms with Crippen LogP contribution in [0.5, 0.6) is 0 Å². The summed E-state index contributed by atoms with van der Waals surface area (Å²) < 4.78 is 27.1. The van der Waals surface area contributed by atoms with E-state index in [9.17, 15) is 8.78 Å². The maximum Gasteiger partial charge on any atom is 0.162 e. The van der Waals surface area contributed by atoms with Crippen LogP contribution in [0, 0.1) is 23.5 Å². The molecule has 0 spiro atoms. The van der Waals surface area contributed by atoms with Crippen molar-refractivity contribution in [1.82, 2.24) is 5.32 Å². The van der Waals surface area contributed by atoms with Crippen LogP contribution >= 0.6 is 0 Å². The molecule has 19 heavy (non-hydrogen) atoms. The maximum absolute atomic E-state index is 13.8. The summed E-state index contributed by atoms with van der Waals surface area (Å²) in [7, 11) is 1.96. The maximum atomic E-state index is 13.8. The third kappa shape index (κ3) is 3.75. The quantitative estimate of drug-likeness (QED) is 0.815. The number of halogens is 2. The zero-order valence-electron chi connectivity index (χ0n) is 11.6. The first-order valence-corrected chi connectivity index (χ1v) is 7.30. The minimum Gasteiger partial charge on any atom is -0.319 e. The van der Waals surface area contributed by atoms with Crippen LogP contribution in [0.3, 0.4) is 0 Å². The lowest BCUT2D eigenvalue weighted by molar-refractivity contribution is 0.300. The first-order chi connectivity index (χ1) is 9.22. The molecule has 0 saturated heterocycles. The molecule has 2 atom stereocenters. The van der Waals surface area contributed by atoms with Crippen LogP contribution in [0.2, 0.25) is 0 Å². The highest BCUT2D eigenvalue weighted by atomic mass is 19.2. The molecule has 0 aliphatic heterocycles. The Morgan fingerprint density at radius 3 is 2.58 bits per heavy atom. The third-order valence-corrected chi connectivity index (χ3v) is 4.30. The summed E-state index contributed by atoms with van der Waals surface area (Å²) in [4.78, 5) is 0. The average Bonchev–Trinajstić information content (AvgIpc) is 2.62. The zero-order chi connectivity index (χ0) is 13.7. The Bertz CT molecular complexity index is 406. The van der Waals surface area contributed by atoms with Gasteiger partial charge in [0.1, 0.15) is 0 Å². The summed E-state index contributed by atoms with van der Waals surface area (Å²) in [5, 5.41) is 3.24. The van der Waals surface area contributed by atoms with E-state index < -0.39 is 11.6 Å². The molecule has 1 aliphatic rings. The van der Waals surface area contributed by atoms with Crippen LogP contribution in [-0.2, 0) is 6.42 Å². The smallest absolute Gasteiger partial charge is 0.162 e. The van der Waals surface area contributed by atoms with Crippen molar-refractivity contribution in [3.8, 4) is 0 Å². The minimum absolute atomic E-state index is 0.464. The molecule has 2 rings (SSSR count). The van der Waals surface area contributed by atoms with Gasteiger partial charge in [0.2, 0.25) is 0 Å². The normalized spacial score (nSPS) is 24.2. The van der Waals surface area contributed by atoms with Crippen molar-refractivity contribution in [3.05, 3.63) is 35.4 Å². The van der Waals surface area contributed by atoms with Gasteiger partial charge in [-0.05, 0) is 56.3 Å². The summed E-state index contributed by atoms with van der Waals surface area (Å²) >= 11 is 0. The standard InChI is InChI=1S/C16H23F2N/c1-19-11-14-7-4-2-3-6-12(14)10-13-8-5-9-15(17)16(13)18/h5,8-9,12,14,19H,2-4,6-7,10-11H2,1H3. The van der Waals surface area contributed by atoms with E-state index in [4.69, 9.17) is 0 Å². The molecule has 0 amide bonds. The number of hydrogen-bond acceptors (Lipinski definition) is 1. The molecule has 1 aromatic rings. The van der Waals surface area contributed by atoms with Crippen LogP contribution in [0.4, 0.5) is 8.78 Å². The van der Waals surface area contributed by atoms with E-state index in [1.165, 1.54) is 31.7 Å². The Kier molecular flexibility index (Phi) is 5.32. The molecule has 0 heterocycles. The molecule has 0 aromatic heterocycles. The molecule has 1 aliphatic carbocycles. The molecule has 1 N–H and O–H groups in total. The van der Waals surface area contributed by atoms with E-state index in [2.05, 4.69) is 5.32 Å². The van der Waals surface area contributed by atoms with Gasteiger partial charge < -0.3 is 5.32 Å². The summed E-state index contributed by atoms with van der Waals surface area (Å²) in [5.74, 6) is -0.340. The van der Waals surface area contributed by atoms with Gasteiger partial charge in [0.15, 0.2) is 11.6 Å². The topological polar surface area (TPSA) is 12.0 Å². The highest BCUT2D eigenvalue weighted by Gasteiger charge is 2.24. The number of benzene rings is 1. The summed E-state index contributed by atoms with van der Waals surface area (Å²) in [5.41, 5.74) is 0.535. The van der Waals surface area contributed by atoms with Gasteiger partial charge in [0.05, 0.1) is 0 Å². The fourth-order valence-corrected chi connectivity index (χ4v) is 3.25. The molecule has 0 bridgehead atoms. The molecule has 2 unspecified atom stereocenters. The van der Waals surface area contributed by atoms with Crippen LogP contribution < -0.4 is 5.32 Å². The summed E-state index contributed by atoms with van der Waals surface area (Å²) in [6, 6.07) is 4.52. The Labute approximate surface area is 114 Å². The van der Waals surface area contributed by atoms with Crippen LogP contribution in [0.1, 0.15) is 37.7 Å². The number of nitrogens with one attached hydrogen (secondary N) is 1. The van der Waals surface area contributed by atoms with E-state index in [0.717, 1.165) is 13.0 Å². The molecule has 106 valence electrons. The van der Waals surface area contributed by atoms with Crippen molar-refractivity contribution in [1.29, 1.82) is 0 Å². The first kappa shape index (κ1) is 14.4. The molecule has 1 nitrogen and oxygen atoms in total. The molecule has 3 heteroatoms. The predicted octanol–water partition coefficient (Wildman–Crippen LogP) is 3.92. The zero-order valence-corrected chi connectivity index (χ0v) is 11.6. The van der Waals surface area contributed by atoms with Crippen molar-refractivity contribution < 1.29 is 8.78 Å². The van der Waals surface area contributed by atoms with Crippen molar-refractivity contribution in [3.63, 3.8) is 0 Å². The van der Waals surface area contributed by atoms with E-state index in [-0.39, 0.29) is 0 Å². The lowest BCUT2D eigenvalue weighted by Gasteiger charge is -2.25. The Hall–Kier alpha value is -0.960. The van der Waals surface area contributed by atoms with Crippen LogP contribution in [0.15, 0.2) is 18.2 Å². The second-order valence-corrected chi connectivity index (χ2v) is 5.63. The largest absolute Gasteiger partial charge is 0.319 e. The van der Waals surface area contributed by atoms with Gasteiger partial charge in [-0.3, -0.25) is 0 Å². The van der Waals surface area contributed by atoms with Gasteiger partial charge in [-0.2, -0.15) is 0 Å². The van der Waals surface area contributed by atoms with Gasteiger partial charge in [0, 0.05) is 0 Å². The second-order valence-electron chi connectivity index (χ2n) is 5.63. The van der Waals surface area contributed by atoms with Gasteiger partial charge in [-0.15, -0.1) is 0 Å². The highest BCUT2D eigenvalue weighted by molar-refractivity contribution is 5.19. The molecular formula is C16H23F2N. The van der Waals surface area contributed by atoms with Crippen molar-refractivity contribution in [2.24, 2.45) is 11.8 Å². The van der Waals surface area contributed by atoms with Crippen molar-refractivity contribution in [2.75, 3.05) is 13.6 Å². The van der Waals surface area contributed by atoms with E-state index in [0.29, 0.717) is 23.8 Å². The van der Waals surface area contributed by atoms with E-state index in [1.807, 2.05) is 7.05 Å². The lowest BCUT2D eigenvalue weighted by Crippen LogP contribution is -2.27. The monoisotopic (exact) mass is 267 g/mol. The minimum atomic E-state index is -0.726. The Morgan fingerprint density at radius 2 is 1.84 bits per heavy atom. The van der Waals surface area contributed by atoms with E-state index in [1.54, 1.807) is 12.1 Å². The lowest BCUT2D eigenvalue weighted by atomic mass is 9.83. The molecule has 0 radical (unpaired) electrons. The van der Waals surface area contributed by atoms with Crippen molar-refractivity contribution >= 4 is 0 Å². The van der Waals surface area contributed by atoms with E-state index >= 15 is 0 Å². The third-order valence-electron chi connectivity index (χ3n) is 4.30. The van der Waals surface area contributed by atoms with Crippen LogP contribution in [-0.4, -0.2) is 13.6 Å². The Morgan fingerprint density at radius 1 is 1.11 bits per heavy atom. The first-order valence-electron chi connectivity index (χ1n) is 7.30. The summed E-state index contributed by atoms with van der Waals surface area (Å²) in [6.45, 7) is 0.974. The summed E-state index contributed by atoms with van der Waals surface area (Å²) in [6.07, 6.45) is 6.72. The SMILES string of the molecule is CNCC1CCCCCC1Cc1cccc(F)c1F. The average molecular weight is 267 g/mol. The van der Waals surface area contributed by atoms with Gasteiger partial charge in [-0.25, -0.2) is 8.78 Å². The highest BCUT2D eigenvalue weighted by Crippen LogP contribution is 2.31. The molecule has 1 saturated carbocycles. The molecule has 1 aromatic carbocycles. The van der Waals surface area contributed by atoms with Gasteiger partial charge >= 0.3 is 0 Å². The van der Waals surface area contributed by atoms with Gasteiger partial charge in [0.25, 0.3) is 0 Å². The predicted molar refractivity (Wildman–Crippen MR) is 74.1 cm³/mol. The van der Waals surface area contributed by atoms with Crippen molar-refractivity contribution in [2.45, 2.75) is 38.5 Å². The van der Waals surface area contributed by atoms with Gasteiger partial charge in [-0.1, -0.05) is 31.4 Å².